The van der Waals surface area contributed by atoms with Crippen LogP contribution < -0.4 is 10.5 Å². The number of methoxy groups -OCH3 is 1. The summed E-state index contributed by atoms with van der Waals surface area (Å²) >= 11 is 0. The van der Waals surface area contributed by atoms with Crippen molar-refractivity contribution < 1.29 is 14.6 Å². The fraction of sp³-hybridized carbons (Fsp3) is 0.222. The van der Waals surface area contributed by atoms with Crippen LogP contribution in [0, 0.1) is 6.92 Å². The second kappa shape index (κ2) is 6.01. The number of esters is 1. The van der Waals surface area contributed by atoms with Crippen LogP contribution in [0.25, 0.3) is 28.0 Å². The highest BCUT2D eigenvalue weighted by atomic mass is 16.5. The molecule has 0 fully saturated rings. The molecule has 3 aromatic rings. The third-order valence-electron chi connectivity index (χ3n) is 4.15. The van der Waals surface area contributed by atoms with Crippen molar-refractivity contribution in [3.8, 4) is 0 Å². The first-order valence-electron chi connectivity index (χ1n) is 7.67. The van der Waals surface area contributed by atoms with Gasteiger partial charge in [0.15, 0.2) is 0 Å². The third kappa shape index (κ3) is 2.44. The Balaban J connectivity index is 2.64. The molecule has 2 aromatic heterocycles. The lowest BCUT2D eigenvalue weighted by Crippen LogP contribution is -2.19. The molecule has 7 nitrogen and oxygen atoms in total. The molecule has 0 spiro atoms. The number of anilines is 1. The SMILES string of the molecule is COC(=O)c1c(N(C)C)[nH]c2c1c(=O)n(C=CO)c1ccc(C)cc21. The Morgan fingerprint density at radius 1 is 1.36 bits per heavy atom. The number of carbonyl (C=O) groups is 1. The number of aromatic nitrogens is 2. The molecule has 0 amide bonds. The number of nitrogens with one attached hydrogen (secondary N) is 1. The highest BCUT2D eigenvalue weighted by Gasteiger charge is 2.25. The number of fused-ring (bicyclic) bond motifs is 3. The summed E-state index contributed by atoms with van der Waals surface area (Å²) < 4.78 is 6.20. The Labute approximate surface area is 143 Å². The smallest absolute Gasteiger partial charge is 0.342 e. The number of aryl methyl sites for hydroxylation is 1. The molecule has 130 valence electrons. The minimum atomic E-state index is -0.599. The molecule has 0 aliphatic rings. The Morgan fingerprint density at radius 2 is 2.08 bits per heavy atom. The molecule has 7 heteroatoms. The van der Waals surface area contributed by atoms with Gasteiger partial charge < -0.3 is 19.7 Å². The van der Waals surface area contributed by atoms with Gasteiger partial charge in [0.25, 0.3) is 5.56 Å². The summed E-state index contributed by atoms with van der Waals surface area (Å²) in [5.41, 5.74) is 1.96. The van der Waals surface area contributed by atoms with Gasteiger partial charge in [-0.3, -0.25) is 9.36 Å². The number of rotatable bonds is 3. The number of pyridine rings is 1. The lowest BCUT2D eigenvalue weighted by molar-refractivity contribution is 0.0603. The number of H-pyrrole nitrogens is 1. The van der Waals surface area contributed by atoms with Crippen molar-refractivity contribution in [1.82, 2.24) is 9.55 Å². The molecule has 25 heavy (non-hydrogen) atoms. The second-order valence-electron chi connectivity index (χ2n) is 5.98. The predicted molar refractivity (Wildman–Crippen MR) is 98.4 cm³/mol. The van der Waals surface area contributed by atoms with Crippen LogP contribution in [0.2, 0.25) is 0 Å². The normalized spacial score (nSPS) is 11.5. The van der Waals surface area contributed by atoms with Crippen LogP contribution in [0.1, 0.15) is 15.9 Å². The first kappa shape index (κ1) is 16.6. The predicted octanol–water partition coefficient (Wildman–Crippen LogP) is 2.63. The number of nitrogens with zero attached hydrogens (tertiary/aromatic N) is 2. The van der Waals surface area contributed by atoms with Gasteiger partial charge in [-0.1, -0.05) is 11.6 Å². The summed E-state index contributed by atoms with van der Waals surface area (Å²) in [6, 6.07) is 5.61. The zero-order chi connectivity index (χ0) is 18.3. The maximum absolute atomic E-state index is 13.0. The lowest BCUT2D eigenvalue weighted by Gasteiger charge is -2.11. The molecule has 0 bridgehead atoms. The van der Waals surface area contributed by atoms with E-state index in [1.54, 1.807) is 25.1 Å². The van der Waals surface area contributed by atoms with E-state index in [4.69, 9.17) is 4.74 Å². The van der Waals surface area contributed by atoms with Crippen molar-refractivity contribution >= 4 is 39.8 Å². The number of aliphatic hydroxyl groups is 1. The first-order valence-corrected chi connectivity index (χ1v) is 7.67. The highest BCUT2D eigenvalue weighted by Crippen LogP contribution is 2.31. The van der Waals surface area contributed by atoms with Crippen molar-refractivity contribution in [3.63, 3.8) is 0 Å². The number of hydrogen-bond donors (Lipinski definition) is 2. The van der Waals surface area contributed by atoms with E-state index in [9.17, 15) is 14.7 Å². The van der Waals surface area contributed by atoms with E-state index in [1.165, 1.54) is 17.9 Å². The van der Waals surface area contributed by atoms with E-state index in [2.05, 4.69) is 4.98 Å². The fourth-order valence-corrected chi connectivity index (χ4v) is 3.04. The molecule has 3 rings (SSSR count). The van der Waals surface area contributed by atoms with Gasteiger partial charge in [-0.25, -0.2) is 4.79 Å². The number of hydrogen-bond acceptors (Lipinski definition) is 5. The summed E-state index contributed by atoms with van der Waals surface area (Å²) in [4.78, 5) is 30.3. The summed E-state index contributed by atoms with van der Waals surface area (Å²) in [6.45, 7) is 1.94. The summed E-state index contributed by atoms with van der Waals surface area (Å²) in [6.07, 6.45) is 2.06. The molecule has 2 heterocycles. The largest absolute Gasteiger partial charge is 0.514 e. The van der Waals surface area contributed by atoms with Gasteiger partial charge in [0.05, 0.1) is 29.8 Å². The van der Waals surface area contributed by atoms with Crippen LogP contribution in [0.15, 0.2) is 29.3 Å². The zero-order valence-corrected chi connectivity index (χ0v) is 14.5. The quantitative estimate of drug-likeness (QED) is 0.565. The average molecular weight is 341 g/mol. The molecule has 0 atom stereocenters. The molecular formula is C18H19N3O4. The molecular weight excluding hydrogens is 322 g/mol. The monoisotopic (exact) mass is 341 g/mol. The minimum absolute atomic E-state index is 0.177. The Hall–Kier alpha value is -3.22. The highest BCUT2D eigenvalue weighted by molar-refractivity contribution is 6.16. The number of benzene rings is 1. The van der Waals surface area contributed by atoms with Crippen LogP contribution in [-0.2, 0) is 4.74 Å². The minimum Gasteiger partial charge on any atom is -0.514 e. The topological polar surface area (TPSA) is 87.6 Å². The molecule has 0 radical (unpaired) electrons. The Kier molecular flexibility index (Phi) is 4.00. The number of carbonyl (C=O) groups excluding carboxylic acids is 1. The first-order chi connectivity index (χ1) is 11.9. The molecule has 0 saturated carbocycles. The maximum Gasteiger partial charge on any atom is 0.342 e. The van der Waals surface area contributed by atoms with Gasteiger partial charge >= 0.3 is 5.97 Å². The van der Waals surface area contributed by atoms with Crippen LogP contribution in [0.4, 0.5) is 5.82 Å². The number of ether oxygens (including phenoxy) is 1. The third-order valence-corrected chi connectivity index (χ3v) is 4.15. The van der Waals surface area contributed by atoms with E-state index in [1.807, 2.05) is 19.1 Å². The zero-order valence-electron chi connectivity index (χ0n) is 14.5. The van der Waals surface area contributed by atoms with Gasteiger partial charge in [-0.15, -0.1) is 0 Å². The molecule has 0 aliphatic heterocycles. The van der Waals surface area contributed by atoms with Gasteiger partial charge in [0, 0.05) is 25.7 Å². The van der Waals surface area contributed by atoms with Crippen molar-refractivity contribution in [2.45, 2.75) is 6.92 Å². The van der Waals surface area contributed by atoms with Crippen molar-refractivity contribution in [2.24, 2.45) is 0 Å². The molecule has 0 saturated heterocycles. The second-order valence-corrected chi connectivity index (χ2v) is 5.98. The van der Waals surface area contributed by atoms with Gasteiger partial charge in [-0.05, 0) is 19.1 Å². The van der Waals surface area contributed by atoms with Crippen molar-refractivity contribution in [3.05, 3.63) is 45.9 Å². The molecule has 1 aromatic carbocycles. The van der Waals surface area contributed by atoms with E-state index < -0.39 is 11.5 Å². The molecule has 2 N–H and O–H groups in total. The molecule has 0 unspecified atom stereocenters. The Bertz CT molecular complexity index is 1070. The van der Waals surface area contributed by atoms with Crippen LogP contribution >= 0.6 is 0 Å². The van der Waals surface area contributed by atoms with Crippen LogP contribution in [0.3, 0.4) is 0 Å². The number of aliphatic hydroxyl groups excluding tert-OH is 1. The van der Waals surface area contributed by atoms with E-state index >= 15 is 0 Å². The van der Waals surface area contributed by atoms with E-state index in [0.29, 0.717) is 16.9 Å². The Morgan fingerprint density at radius 3 is 2.68 bits per heavy atom. The van der Waals surface area contributed by atoms with Crippen molar-refractivity contribution in [2.75, 3.05) is 26.1 Å². The summed E-state index contributed by atoms with van der Waals surface area (Å²) in [5.74, 6) is -0.105. The van der Waals surface area contributed by atoms with Gasteiger partial charge in [0.1, 0.15) is 11.4 Å². The van der Waals surface area contributed by atoms with E-state index in [0.717, 1.165) is 17.2 Å². The fourth-order valence-electron chi connectivity index (χ4n) is 3.04. The number of aromatic amines is 1. The van der Waals surface area contributed by atoms with Gasteiger partial charge in [0.2, 0.25) is 0 Å². The van der Waals surface area contributed by atoms with Crippen LogP contribution in [0.5, 0.6) is 0 Å². The summed E-state index contributed by atoms with van der Waals surface area (Å²) in [5, 5.41) is 10.2. The van der Waals surface area contributed by atoms with Crippen molar-refractivity contribution in [1.29, 1.82) is 0 Å². The standard InChI is InChI=1S/C18H19N3O4/c1-10-5-6-12-11(9-10)15-13(17(23)21(12)7-8-22)14(18(24)25-4)16(19-15)20(2)3/h5-9,19,22H,1-4H3. The van der Waals surface area contributed by atoms with Crippen LogP contribution in [-0.4, -0.2) is 41.8 Å². The average Bonchev–Trinajstić information content (AvgIpc) is 2.99. The summed E-state index contributed by atoms with van der Waals surface area (Å²) in [7, 11) is 4.82. The van der Waals surface area contributed by atoms with Gasteiger partial charge in [-0.2, -0.15) is 0 Å². The molecule has 0 aliphatic carbocycles. The maximum atomic E-state index is 13.0. The lowest BCUT2D eigenvalue weighted by atomic mass is 10.1. The van der Waals surface area contributed by atoms with E-state index in [-0.39, 0.29) is 10.9 Å².